The summed E-state index contributed by atoms with van der Waals surface area (Å²) < 4.78 is 35.4. The smallest absolute Gasteiger partial charge is 0.338 e. The highest BCUT2D eigenvalue weighted by Crippen LogP contribution is 2.40. The number of carbonyl (C=O) groups is 2. The van der Waals surface area contributed by atoms with Gasteiger partial charge in [0.15, 0.2) is 34.4 Å². The fourth-order valence-corrected chi connectivity index (χ4v) is 6.93. The highest BCUT2D eigenvalue weighted by atomic mass is 32.1. The Morgan fingerprint density at radius 3 is 2.57 bits per heavy atom. The maximum absolute atomic E-state index is 14.3. The van der Waals surface area contributed by atoms with Crippen molar-refractivity contribution < 1.29 is 38.0 Å². The molecule has 4 heterocycles. The van der Waals surface area contributed by atoms with E-state index in [-0.39, 0.29) is 37.0 Å². The van der Waals surface area contributed by atoms with Gasteiger partial charge in [-0.3, -0.25) is 14.2 Å². The van der Waals surface area contributed by atoms with Crippen LogP contribution in [0.25, 0.3) is 11.8 Å². The molecular weight excluding hydrogens is 650 g/mol. The third-order valence-corrected chi connectivity index (χ3v) is 9.27. The van der Waals surface area contributed by atoms with Gasteiger partial charge in [0.1, 0.15) is 0 Å². The van der Waals surface area contributed by atoms with Gasteiger partial charge in [-0.05, 0) is 48.4 Å². The summed E-state index contributed by atoms with van der Waals surface area (Å²) in [5.41, 5.74) is 2.33. The van der Waals surface area contributed by atoms with E-state index in [9.17, 15) is 14.4 Å². The third kappa shape index (κ3) is 6.42. The zero-order valence-corrected chi connectivity index (χ0v) is 27.7. The average molecular weight is 684 g/mol. The van der Waals surface area contributed by atoms with Crippen LogP contribution in [0.2, 0.25) is 0 Å². The van der Waals surface area contributed by atoms with Gasteiger partial charge in [0.2, 0.25) is 6.79 Å². The van der Waals surface area contributed by atoms with Crippen molar-refractivity contribution in [3.05, 3.63) is 109 Å². The van der Waals surface area contributed by atoms with Gasteiger partial charge < -0.3 is 33.3 Å². The lowest BCUT2D eigenvalue weighted by atomic mass is 9.93. The Labute approximate surface area is 285 Å². The minimum Gasteiger partial charge on any atom is -0.493 e. The van der Waals surface area contributed by atoms with Crippen LogP contribution in [0.3, 0.4) is 0 Å². The van der Waals surface area contributed by atoms with Gasteiger partial charge in [-0.2, -0.15) is 0 Å². The quantitative estimate of drug-likeness (QED) is 0.245. The van der Waals surface area contributed by atoms with Gasteiger partial charge >= 0.3 is 5.97 Å². The highest BCUT2D eigenvalue weighted by Gasteiger charge is 2.36. The van der Waals surface area contributed by atoms with Gasteiger partial charge in [-0.1, -0.05) is 53.8 Å². The molecule has 0 N–H and O–H groups in total. The first-order valence-electron chi connectivity index (χ1n) is 15.8. The summed E-state index contributed by atoms with van der Waals surface area (Å²) in [5, 5.41) is 0. The molecule has 1 saturated heterocycles. The van der Waals surface area contributed by atoms with Crippen LogP contribution >= 0.6 is 11.3 Å². The van der Waals surface area contributed by atoms with Crippen molar-refractivity contribution in [1.82, 2.24) is 9.47 Å². The summed E-state index contributed by atoms with van der Waals surface area (Å²) in [6.45, 7) is 3.88. The maximum atomic E-state index is 14.3. The SMILES string of the molecule is CCOC(=O)C1=C(c2ccccc2)N=c2s/c(=C/c3ccc(OCC(=O)N4CCOCC4)c(OC)c3)c(=O)n2[C@H]1c1ccc2c(c1)OCO2. The van der Waals surface area contributed by atoms with E-state index < -0.39 is 12.0 Å². The number of amides is 1. The predicted octanol–water partition coefficient (Wildman–Crippen LogP) is 2.91. The van der Waals surface area contributed by atoms with E-state index in [1.807, 2.05) is 36.4 Å². The lowest BCUT2D eigenvalue weighted by Gasteiger charge is -2.26. The zero-order valence-electron chi connectivity index (χ0n) is 26.9. The molecule has 1 aromatic heterocycles. The van der Waals surface area contributed by atoms with Crippen molar-refractivity contribution in [3.8, 4) is 23.0 Å². The van der Waals surface area contributed by atoms with Crippen molar-refractivity contribution in [2.24, 2.45) is 4.99 Å². The molecule has 3 aliphatic heterocycles. The first-order valence-corrected chi connectivity index (χ1v) is 16.6. The molecule has 0 bridgehead atoms. The second kappa shape index (κ2) is 14.0. The number of esters is 1. The molecule has 4 aromatic rings. The summed E-state index contributed by atoms with van der Waals surface area (Å²) in [5.74, 6) is 1.19. The topological polar surface area (TPSA) is 127 Å². The van der Waals surface area contributed by atoms with Crippen molar-refractivity contribution in [2.75, 3.05) is 53.4 Å². The molecule has 0 radical (unpaired) electrons. The lowest BCUT2D eigenvalue weighted by molar-refractivity contribution is -0.139. The summed E-state index contributed by atoms with van der Waals surface area (Å²) in [6.07, 6.45) is 1.74. The molecule has 1 atom stereocenters. The van der Waals surface area contributed by atoms with Gasteiger partial charge in [0.05, 0.1) is 48.8 Å². The number of ether oxygens (including phenoxy) is 6. The number of fused-ring (bicyclic) bond motifs is 2. The van der Waals surface area contributed by atoms with Crippen LogP contribution in [-0.2, 0) is 19.1 Å². The number of methoxy groups -OCH3 is 1. The minimum absolute atomic E-state index is 0.0782. The molecule has 3 aromatic carbocycles. The van der Waals surface area contributed by atoms with E-state index in [0.29, 0.717) is 81.0 Å². The molecule has 1 amide bonds. The zero-order chi connectivity index (χ0) is 33.9. The van der Waals surface area contributed by atoms with Crippen molar-refractivity contribution in [1.29, 1.82) is 0 Å². The van der Waals surface area contributed by atoms with E-state index in [1.54, 1.807) is 48.2 Å². The molecule has 49 heavy (non-hydrogen) atoms. The summed E-state index contributed by atoms with van der Waals surface area (Å²) in [4.78, 5) is 47.7. The van der Waals surface area contributed by atoms with Crippen molar-refractivity contribution in [2.45, 2.75) is 13.0 Å². The number of morpholine rings is 1. The highest BCUT2D eigenvalue weighted by molar-refractivity contribution is 7.07. The molecule has 0 saturated carbocycles. The number of carbonyl (C=O) groups excluding carboxylic acids is 2. The molecule has 0 spiro atoms. The van der Waals surface area contributed by atoms with Crippen molar-refractivity contribution >= 4 is 35.0 Å². The molecular formula is C36H33N3O9S. The minimum atomic E-state index is -0.864. The van der Waals surface area contributed by atoms with E-state index >= 15 is 0 Å². The summed E-state index contributed by atoms with van der Waals surface area (Å²) in [6, 6.07) is 19.1. The second-order valence-electron chi connectivity index (χ2n) is 11.2. The average Bonchev–Trinajstić information content (AvgIpc) is 3.74. The molecule has 252 valence electrons. The van der Waals surface area contributed by atoms with Crippen LogP contribution in [0.5, 0.6) is 23.0 Å². The van der Waals surface area contributed by atoms with E-state index in [2.05, 4.69) is 0 Å². The van der Waals surface area contributed by atoms with Crippen LogP contribution in [-0.4, -0.2) is 74.8 Å². The predicted molar refractivity (Wildman–Crippen MR) is 180 cm³/mol. The fourth-order valence-electron chi connectivity index (χ4n) is 5.93. The number of rotatable bonds is 9. The van der Waals surface area contributed by atoms with E-state index in [4.69, 9.17) is 33.4 Å². The van der Waals surface area contributed by atoms with Crippen LogP contribution in [0.1, 0.15) is 29.7 Å². The molecule has 0 unspecified atom stereocenters. The molecule has 13 heteroatoms. The Morgan fingerprint density at radius 1 is 1.00 bits per heavy atom. The third-order valence-electron chi connectivity index (χ3n) is 8.29. The molecule has 0 aliphatic carbocycles. The number of nitrogens with zero attached hydrogens (tertiary/aromatic N) is 3. The Morgan fingerprint density at radius 2 is 1.80 bits per heavy atom. The maximum Gasteiger partial charge on any atom is 0.338 e. The number of hydrogen-bond donors (Lipinski definition) is 0. The van der Waals surface area contributed by atoms with E-state index in [1.165, 1.54) is 23.0 Å². The first kappa shape index (κ1) is 32.2. The standard InChI is InChI=1S/C36H33N3O9S/c1-3-45-35(42)31-32(23-7-5-4-6-8-23)37-36-39(33(31)24-10-12-26-28(19-24)48-21-47-26)34(41)29(49-36)18-22-9-11-25(27(17-22)43-2)46-20-30(40)38-13-15-44-16-14-38/h4-12,17-19,33H,3,13-16,20-21H2,1-2H3/b29-18+/t33-/m0/s1. The van der Waals surface area contributed by atoms with Crippen LogP contribution in [0, 0.1) is 0 Å². The second-order valence-corrected chi connectivity index (χ2v) is 12.2. The Balaban J connectivity index is 1.31. The fraction of sp³-hybridized carbons (Fsp3) is 0.278. The first-order chi connectivity index (χ1) is 23.9. The normalized spacial score (nSPS) is 17.0. The van der Waals surface area contributed by atoms with Crippen molar-refractivity contribution in [3.63, 3.8) is 0 Å². The van der Waals surface area contributed by atoms with E-state index in [0.717, 1.165) is 0 Å². The largest absolute Gasteiger partial charge is 0.493 e. The van der Waals surface area contributed by atoms with Gasteiger partial charge in [-0.15, -0.1) is 0 Å². The lowest BCUT2D eigenvalue weighted by Crippen LogP contribution is -2.43. The Bertz CT molecular complexity index is 2120. The van der Waals surface area contributed by atoms with Gasteiger partial charge in [-0.25, -0.2) is 9.79 Å². The Hall–Kier alpha value is -5.40. The number of benzene rings is 3. The monoisotopic (exact) mass is 683 g/mol. The van der Waals surface area contributed by atoms with Crippen LogP contribution in [0.4, 0.5) is 0 Å². The molecule has 7 rings (SSSR count). The summed E-state index contributed by atoms with van der Waals surface area (Å²) >= 11 is 1.21. The van der Waals surface area contributed by atoms with Crippen LogP contribution in [0.15, 0.2) is 82.1 Å². The molecule has 12 nitrogen and oxygen atoms in total. The number of hydrogen-bond acceptors (Lipinski definition) is 11. The molecule has 3 aliphatic rings. The van der Waals surface area contributed by atoms with Gasteiger partial charge in [0, 0.05) is 18.7 Å². The number of thiazole rings is 1. The van der Waals surface area contributed by atoms with Crippen LogP contribution < -0.4 is 33.8 Å². The summed E-state index contributed by atoms with van der Waals surface area (Å²) in [7, 11) is 1.51. The molecule has 1 fully saturated rings. The van der Waals surface area contributed by atoms with Gasteiger partial charge in [0.25, 0.3) is 11.5 Å². The number of aromatic nitrogens is 1. The Kier molecular flexibility index (Phi) is 9.18.